The molecule has 0 aliphatic heterocycles. The normalized spacial score (nSPS) is 13.3. The molecule has 5 nitrogen and oxygen atoms in total. The van der Waals surface area contributed by atoms with Gasteiger partial charge < -0.3 is 4.84 Å². The minimum Gasteiger partial charge on any atom is -0.357 e. The molecule has 0 unspecified atom stereocenters. The van der Waals surface area contributed by atoms with Crippen LogP contribution in [0.5, 0.6) is 5.75 Å². The molecule has 0 fully saturated rings. The summed E-state index contributed by atoms with van der Waals surface area (Å²) in [4.78, 5) is 5.03. The number of hydrogen-bond donors (Lipinski definition) is 1. The van der Waals surface area contributed by atoms with Crippen LogP contribution in [0.15, 0.2) is 47.6 Å². The molecule has 0 amide bonds. The smallest absolute Gasteiger partial charge is 0.357 e. The van der Waals surface area contributed by atoms with Crippen molar-refractivity contribution >= 4 is 21.4 Å². The van der Waals surface area contributed by atoms with E-state index in [0.29, 0.717) is 11.6 Å². The first-order valence-electron chi connectivity index (χ1n) is 8.36. The topological polar surface area (TPSA) is 67.8 Å². The van der Waals surface area contributed by atoms with E-state index in [4.69, 9.17) is 4.84 Å². The predicted molar refractivity (Wildman–Crippen MR) is 98.7 cm³/mol. The monoisotopic (exact) mass is 454 g/mol. The Hall–Kier alpha value is -2.76. The second-order valence-corrected chi connectivity index (χ2v) is 7.78. The molecule has 0 heterocycles. The molecule has 0 radical (unpaired) electrons. The summed E-state index contributed by atoms with van der Waals surface area (Å²) >= 11 is 0. The third-order valence-electron chi connectivity index (χ3n) is 3.79. The van der Waals surface area contributed by atoms with Crippen LogP contribution in [0.3, 0.4) is 0 Å². The molecular formula is C18H16F6N2O3S. The molecule has 2 aromatic rings. The second-order valence-electron chi connectivity index (χ2n) is 6.11. The first kappa shape index (κ1) is 23.5. The van der Waals surface area contributed by atoms with Gasteiger partial charge in [-0.25, -0.2) is 0 Å². The molecule has 2 rings (SSSR count). The van der Waals surface area contributed by atoms with Crippen LogP contribution in [0.4, 0.5) is 32.0 Å². The number of sulfonamides is 1. The zero-order chi connectivity index (χ0) is 22.7. The van der Waals surface area contributed by atoms with Crippen LogP contribution in [0.1, 0.15) is 30.0 Å². The summed E-state index contributed by atoms with van der Waals surface area (Å²) < 4.78 is 101. The average molecular weight is 454 g/mol. The second kappa shape index (κ2) is 8.54. The lowest BCUT2D eigenvalue weighted by atomic mass is 10.0. The Bertz CT molecular complexity index is 1050. The Morgan fingerprint density at radius 1 is 1.07 bits per heavy atom. The number of hydrogen-bond acceptors (Lipinski definition) is 4. The molecule has 0 spiro atoms. The van der Waals surface area contributed by atoms with Gasteiger partial charge >= 0.3 is 21.7 Å². The van der Waals surface area contributed by atoms with Gasteiger partial charge in [-0.3, -0.25) is 4.72 Å². The molecular weight excluding hydrogens is 438 g/mol. The summed E-state index contributed by atoms with van der Waals surface area (Å²) in [6.07, 6.45) is -4.51. The van der Waals surface area contributed by atoms with Gasteiger partial charge in [-0.1, -0.05) is 29.8 Å². The first-order chi connectivity index (χ1) is 13.7. The maximum absolute atomic E-state index is 12.8. The van der Waals surface area contributed by atoms with E-state index in [0.717, 1.165) is 18.2 Å². The molecule has 0 aliphatic carbocycles. The molecule has 30 heavy (non-hydrogen) atoms. The molecule has 12 heteroatoms. The molecule has 0 bridgehead atoms. The highest BCUT2D eigenvalue weighted by molar-refractivity contribution is 7.93. The number of aryl methyl sites for hydroxylation is 1. The first-order valence-corrected chi connectivity index (χ1v) is 9.84. The third-order valence-corrected chi connectivity index (χ3v) is 4.89. The number of nitrogens with zero attached hydrogens (tertiary/aromatic N) is 1. The van der Waals surface area contributed by atoms with Crippen molar-refractivity contribution in [3.63, 3.8) is 0 Å². The van der Waals surface area contributed by atoms with Gasteiger partial charge in [0.25, 0.3) is 0 Å². The highest BCUT2D eigenvalue weighted by Gasteiger charge is 2.46. The highest BCUT2D eigenvalue weighted by Crippen LogP contribution is 2.32. The Morgan fingerprint density at radius 3 is 2.30 bits per heavy atom. The van der Waals surface area contributed by atoms with Crippen LogP contribution in [0.2, 0.25) is 0 Å². The van der Waals surface area contributed by atoms with Gasteiger partial charge in [-0.15, -0.1) is 0 Å². The quantitative estimate of drug-likeness (QED) is 0.358. The van der Waals surface area contributed by atoms with Gasteiger partial charge in [0.05, 0.1) is 17.0 Å². The summed E-state index contributed by atoms with van der Waals surface area (Å²) in [5.41, 5.74) is -6.30. The van der Waals surface area contributed by atoms with Gasteiger partial charge in [-0.2, -0.15) is 34.8 Å². The lowest BCUT2D eigenvalue weighted by molar-refractivity contribution is -0.137. The van der Waals surface area contributed by atoms with Gasteiger partial charge in [0.1, 0.15) is 0 Å². The predicted octanol–water partition coefficient (Wildman–Crippen LogP) is 5.47. The van der Waals surface area contributed by atoms with Crippen molar-refractivity contribution in [1.29, 1.82) is 0 Å². The van der Waals surface area contributed by atoms with Gasteiger partial charge in [0.2, 0.25) is 0 Å². The minimum absolute atomic E-state index is 0.00250. The average Bonchev–Trinajstić information content (AvgIpc) is 2.63. The Kier molecular flexibility index (Phi) is 6.70. The molecule has 0 aliphatic rings. The van der Waals surface area contributed by atoms with Crippen molar-refractivity contribution in [2.75, 3.05) is 4.72 Å². The third kappa shape index (κ3) is 5.65. The fraction of sp³-hybridized carbons (Fsp3) is 0.278. The fourth-order valence-electron chi connectivity index (χ4n) is 2.33. The van der Waals surface area contributed by atoms with Crippen LogP contribution < -0.4 is 9.56 Å². The Morgan fingerprint density at radius 2 is 1.73 bits per heavy atom. The van der Waals surface area contributed by atoms with Crippen LogP contribution in [-0.4, -0.2) is 19.6 Å². The van der Waals surface area contributed by atoms with E-state index >= 15 is 0 Å². The van der Waals surface area contributed by atoms with E-state index in [-0.39, 0.29) is 23.4 Å². The molecule has 0 aromatic heterocycles. The van der Waals surface area contributed by atoms with E-state index in [2.05, 4.69) is 5.16 Å². The summed E-state index contributed by atoms with van der Waals surface area (Å²) in [5.74, 6) is -0.249. The standard InChI is InChI=1S/C18H16F6N2O3S/c1-3-15(25-29-13-6-4-5-12(10-13)17(19,20)21)14-9-11(2)7-8-16(14)26-30(27,28)18(22,23)24/h4-10,26H,3H2,1-2H3/b25-15+. The van der Waals surface area contributed by atoms with Crippen molar-refractivity contribution in [2.45, 2.75) is 32.0 Å². The summed E-state index contributed by atoms with van der Waals surface area (Å²) in [7, 11) is -5.69. The molecule has 0 atom stereocenters. The van der Waals surface area contributed by atoms with Crippen molar-refractivity contribution in [3.8, 4) is 5.75 Å². The van der Waals surface area contributed by atoms with Crippen LogP contribution in [0.25, 0.3) is 0 Å². The lowest BCUT2D eigenvalue weighted by Gasteiger charge is -2.15. The SMILES string of the molecule is CC/C(=N\Oc1cccc(C(F)(F)F)c1)c1cc(C)ccc1NS(=O)(=O)C(F)(F)F. The van der Waals surface area contributed by atoms with Crippen molar-refractivity contribution < 1.29 is 39.6 Å². The number of benzene rings is 2. The number of nitrogens with one attached hydrogen (secondary N) is 1. The van der Waals surface area contributed by atoms with E-state index in [9.17, 15) is 34.8 Å². The van der Waals surface area contributed by atoms with E-state index in [1.165, 1.54) is 22.9 Å². The zero-order valence-corrected chi connectivity index (χ0v) is 16.4. The summed E-state index contributed by atoms with van der Waals surface area (Å²) in [6.45, 7) is 3.19. The van der Waals surface area contributed by atoms with Crippen molar-refractivity contribution in [3.05, 3.63) is 59.2 Å². The van der Waals surface area contributed by atoms with Crippen molar-refractivity contribution in [1.82, 2.24) is 0 Å². The van der Waals surface area contributed by atoms with E-state index in [1.54, 1.807) is 13.8 Å². The van der Waals surface area contributed by atoms with E-state index in [1.807, 2.05) is 0 Å². The van der Waals surface area contributed by atoms with Crippen LogP contribution >= 0.6 is 0 Å². The van der Waals surface area contributed by atoms with Gasteiger partial charge in [0.15, 0.2) is 5.75 Å². The molecule has 0 saturated heterocycles. The largest absolute Gasteiger partial charge is 0.516 e. The number of rotatable bonds is 6. The molecule has 2 aromatic carbocycles. The van der Waals surface area contributed by atoms with Crippen LogP contribution in [-0.2, 0) is 16.2 Å². The highest BCUT2D eigenvalue weighted by atomic mass is 32.2. The molecule has 164 valence electrons. The molecule has 0 saturated carbocycles. The van der Waals surface area contributed by atoms with E-state index < -0.39 is 33.0 Å². The summed E-state index contributed by atoms with van der Waals surface area (Å²) in [6, 6.07) is 7.76. The van der Waals surface area contributed by atoms with Crippen LogP contribution in [0, 0.1) is 6.92 Å². The molecule has 1 N–H and O–H groups in total. The zero-order valence-electron chi connectivity index (χ0n) is 15.6. The Labute approximate surface area is 168 Å². The van der Waals surface area contributed by atoms with Crippen molar-refractivity contribution in [2.24, 2.45) is 5.16 Å². The van der Waals surface area contributed by atoms with Gasteiger partial charge in [0, 0.05) is 5.56 Å². The number of alkyl halides is 6. The number of anilines is 1. The minimum atomic E-state index is -5.69. The fourth-order valence-corrected chi connectivity index (χ4v) is 2.91. The van der Waals surface area contributed by atoms with Gasteiger partial charge in [-0.05, 0) is 43.7 Å². The Balaban J connectivity index is 2.42. The lowest BCUT2D eigenvalue weighted by Crippen LogP contribution is -2.30. The summed E-state index contributed by atoms with van der Waals surface area (Å²) in [5, 5.41) is 3.73. The number of oxime groups is 1. The maximum Gasteiger partial charge on any atom is 0.516 e. The number of halogens is 6. The maximum atomic E-state index is 12.8.